The number of hydrogen-bond acceptors (Lipinski definition) is 3. The van der Waals surface area contributed by atoms with Gasteiger partial charge in [0.05, 0.1) is 6.10 Å². The molecule has 0 amide bonds. The Morgan fingerprint density at radius 1 is 0.962 bits per heavy atom. The quantitative estimate of drug-likeness (QED) is 0.646. The van der Waals surface area contributed by atoms with E-state index in [4.69, 9.17) is 9.84 Å². The van der Waals surface area contributed by atoms with Crippen LogP contribution in [0.3, 0.4) is 0 Å². The third kappa shape index (κ3) is 4.28. The SMILES string of the molecule is CNC[C@H](c1ccc2ccccc2c1)[C@H](OCC(=O)O)c1ccccc1. The van der Waals surface area contributed by atoms with Gasteiger partial charge in [-0.15, -0.1) is 0 Å². The summed E-state index contributed by atoms with van der Waals surface area (Å²) in [6, 6.07) is 24.4. The second-order valence-corrected chi connectivity index (χ2v) is 6.31. The molecule has 0 aliphatic heterocycles. The molecule has 0 bridgehead atoms. The fourth-order valence-electron chi connectivity index (χ4n) is 3.31. The molecule has 0 aromatic heterocycles. The Morgan fingerprint density at radius 2 is 1.65 bits per heavy atom. The average molecular weight is 349 g/mol. The van der Waals surface area contributed by atoms with Gasteiger partial charge in [0.2, 0.25) is 0 Å². The normalized spacial score (nSPS) is 13.4. The second kappa shape index (κ2) is 8.61. The molecule has 0 spiro atoms. The lowest BCUT2D eigenvalue weighted by atomic mass is 9.87. The Bertz CT molecular complexity index is 863. The van der Waals surface area contributed by atoms with Gasteiger partial charge < -0.3 is 15.2 Å². The van der Waals surface area contributed by atoms with Gasteiger partial charge in [0, 0.05) is 12.5 Å². The van der Waals surface area contributed by atoms with Crippen LogP contribution in [0.5, 0.6) is 0 Å². The number of nitrogens with one attached hydrogen (secondary N) is 1. The van der Waals surface area contributed by atoms with Gasteiger partial charge in [0.1, 0.15) is 6.61 Å². The molecular formula is C22H23NO3. The number of hydrogen-bond donors (Lipinski definition) is 2. The van der Waals surface area contributed by atoms with Gasteiger partial charge in [-0.1, -0.05) is 72.8 Å². The number of benzene rings is 3. The molecule has 0 unspecified atom stereocenters. The van der Waals surface area contributed by atoms with Crippen LogP contribution in [0.4, 0.5) is 0 Å². The second-order valence-electron chi connectivity index (χ2n) is 6.31. The van der Waals surface area contributed by atoms with Gasteiger partial charge in [-0.05, 0) is 28.9 Å². The van der Waals surface area contributed by atoms with E-state index >= 15 is 0 Å². The fraction of sp³-hybridized carbons (Fsp3) is 0.227. The molecule has 0 saturated heterocycles. The van der Waals surface area contributed by atoms with Crippen molar-refractivity contribution in [2.45, 2.75) is 12.0 Å². The third-order valence-corrected chi connectivity index (χ3v) is 4.51. The Kier molecular flexibility index (Phi) is 6.00. The maximum absolute atomic E-state index is 11.1. The molecule has 3 aromatic carbocycles. The van der Waals surface area contributed by atoms with Gasteiger partial charge in [-0.2, -0.15) is 0 Å². The first kappa shape index (κ1) is 18.1. The van der Waals surface area contributed by atoms with Crippen LogP contribution in [0.1, 0.15) is 23.1 Å². The summed E-state index contributed by atoms with van der Waals surface area (Å²) in [4.78, 5) is 11.1. The molecule has 2 atom stereocenters. The Morgan fingerprint density at radius 3 is 2.35 bits per heavy atom. The topological polar surface area (TPSA) is 58.6 Å². The van der Waals surface area contributed by atoms with Crippen LogP contribution in [0.2, 0.25) is 0 Å². The highest BCUT2D eigenvalue weighted by Crippen LogP contribution is 2.35. The van der Waals surface area contributed by atoms with Crippen molar-refractivity contribution in [3.8, 4) is 0 Å². The molecule has 3 aromatic rings. The first-order chi connectivity index (χ1) is 12.7. The van der Waals surface area contributed by atoms with Crippen LogP contribution in [0.25, 0.3) is 10.8 Å². The first-order valence-corrected chi connectivity index (χ1v) is 8.70. The van der Waals surface area contributed by atoms with Gasteiger partial charge in [0.25, 0.3) is 0 Å². The van der Waals surface area contributed by atoms with E-state index < -0.39 is 5.97 Å². The lowest BCUT2D eigenvalue weighted by molar-refractivity contribution is -0.145. The molecule has 3 rings (SSSR count). The zero-order chi connectivity index (χ0) is 18.4. The van der Waals surface area contributed by atoms with Crippen LogP contribution in [-0.4, -0.2) is 31.3 Å². The van der Waals surface area contributed by atoms with Crippen molar-refractivity contribution in [3.05, 3.63) is 83.9 Å². The average Bonchev–Trinajstić information content (AvgIpc) is 2.67. The Balaban J connectivity index is 2.01. The summed E-state index contributed by atoms with van der Waals surface area (Å²) in [6.07, 6.45) is -0.346. The highest BCUT2D eigenvalue weighted by molar-refractivity contribution is 5.83. The highest BCUT2D eigenvalue weighted by Gasteiger charge is 2.26. The molecule has 0 fully saturated rings. The van der Waals surface area contributed by atoms with Crippen LogP contribution in [0, 0.1) is 0 Å². The number of likely N-dealkylation sites (N-methyl/N-ethyl adjacent to an activating group) is 1. The number of aliphatic carboxylic acids is 1. The maximum atomic E-state index is 11.1. The predicted molar refractivity (Wildman–Crippen MR) is 103 cm³/mol. The van der Waals surface area contributed by atoms with E-state index in [9.17, 15) is 4.79 Å². The Labute approximate surface area is 153 Å². The fourth-order valence-corrected chi connectivity index (χ4v) is 3.31. The number of carboxylic acid groups (broad SMARTS) is 1. The van der Waals surface area contributed by atoms with Crippen LogP contribution < -0.4 is 5.32 Å². The molecule has 0 aliphatic rings. The molecule has 0 saturated carbocycles. The lowest BCUT2D eigenvalue weighted by Gasteiger charge is -2.28. The minimum atomic E-state index is -0.965. The van der Waals surface area contributed by atoms with Gasteiger partial charge in [-0.25, -0.2) is 4.79 Å². The predicted octanol–water partition coefficient (Wildman–Crippen LogP) is 3.99. The summed E-state index contributed by atoms with van der Waals surface area (Å²) in [5.41, 5.74) is 2.10. The lowest BCUT2D eigenvalue weighted by Crippen LogP contribution is -2.26. The van der Waals surface area contributed by atoms with E-state index in [1.807, 2.05) is 49.5 Å². The van der Waals surface area contributed by atoms with E-state index in [0.29, 0.717) is 6.54 Å². The van der Waals surface area contributed by atoms with E-state index in [1.54, 1.807) is 0 Å². The molecule has 4 nitrogen and oxygen atoms in total. The molecule has 2 N–H and O–H groups in total. The van der Waals surface area contributed by atoms with Crippen molar-refractivity contribution >= 4 is 16.7 Å². The zero-order valence-electron chi connectivity index (χ0n) is 14.8. The number of rotatable bonds is 8. The summed E-state index contributed by atoms with van der Waals surface area (Å²) in [5.74, 6) is -0.973. The summed E-state index contributed by atoms with van der Waals surface area (Å²) in [7, 11) is 1.90. The zero-order valence-corrected chi connectivity index (χ0v) is 14.8. The summed E-state index contributed by atoms with van der Waals surface area (Å²) in [6.45, 7) is 0.352. The van der Waals surface area contributed by atoms with E-state index in [-0.39, 0.29) is 18.6 Å². The van der Waals surface area contributed by atoms with E-state index in [1.165, 1.54) is 5.39 Å². The largest absolute Gasteiger partial charge is 0.480 e. The number of ether oxygens (including phenoxy) is 1. The monoisotopic (exact) mass is 349 g/mol. The molecule has 0 radical (unpaired) electrons. The maximum Gasteiger partial charge on any atom is 0.329 e. The summed E-state index contributed by atoms with van der Waals surface area (Å²) >= 11 is 0. The van der Waals surface area contributed by atoms with Crippen molar-refractivity contribution < 1.29 is 14.6 Å². The van der Waals surface area contributed by atoms with Crippen LogP contribution in [-0.2, 0) is 9.53 Å². The molecule has 0 aliphatic carbocycles. The first-order valence-electron chi connectivity index (χ1n) is 8.70. The van der Waals surface area contributed by atoms with Crippen LogP contribution in [0.15, 0.2) is 72.8 Å². The highest BCUT2D eigenvalue weighted by atomic mass is 16.5. The summed E-state index contributed by atoms with van der Waals surface area (Å²) < 4.78 is 5.83. The van der Waals surface area contributed by atoms with Crippen molar-refractivity contribution in [1.82, 2.24) is 5.32 Å². The Hall–Kier alpha value is -2.69. The minimum absolute atomic E-state index is 0.00800. The van der Waals surface area contributed by atoms with Crippen molar-refractivity contribution in [2.24, 2.45) is 0 Å². The van der Waals surface area contributed by atoms with Gasteiger partial charge in [0.15, 0.2) is 0 Å². The molecule has 134 valence electrons. The van der Waals surface area contributed by atoms with Gasteiger partial charge in [-0.3, -0.25) is 0 Å². The van der Waals surface area contributed by atoms with E-state index in [2.05, 4.69) is 35.6 Å². The van der Waals surface area contributed by atoms with Crippen LogP contribution >= 0.6 is 0 Å². The van der Waals surface area contributed by atoms with E-state index in [0.717, 1.165) is 16.5 Å². The van der Waals surface area contributed by atoms with Gasteiger partial charge >= 0.3 is 5.97 Å². The van der Waals surface area contributed by atoms with Crippen molar-refractivity contribution in [2.75, 3.05) is 20.2 Å². The number of carbonyl (C=O) groups is 1. The number of fused-ring (bicyclic) bond motifs is 1. The minimum Gasteiger partial charge on any atom is -0.480 e. The van der Waals surface area contributed by atoms with Crippen molar-refractivity contribution in [1.29, 1.82) is 0 Å². The third-order valence-electron chi connectivity index (χ3n) is 4.51. The summed E-state index contributed by atoms with van der Waals surface area (Å²) in [5, 5.41) is 14.7. The standard InChI is InChI=1S/C22H23NO3/c1-23-14-20(19-12-11-16-7-5-6-10-18(16)13-19)22(26-15-21(24)25)17-8-3-2-4-9-17/h2-13,20,22-23H,14-15H2,1H3,(H,24,25)/t20-,22-/m1/s1. The molecular weight excluding hydrogens is 326 g/mol. The van der Waals surface area contributed by atoms with Crippen molar-refractivity contribution in [3.63, 3.8) is 0 Å². The molecule has 0 heterocycles. The smallest absolute Gasteiger partial charge is 0.329 e. The number of carboxylic acids is 1. The molecule has 4 heteroatoms. The molecule has 26 heavy (non-hydrogen) atoms.